The summed E-state index contributed by atoms with van der Waals surface area (Å²) < 4.78 is 0. The molecule has 3 rings (SSSR count). The largest absolute Gasteiger partial charge is 0.330 e. The molecule has 2 saturated carbocycles. The standard InChI is InChI=1S/C18H27N/c19-13-15-7-2-1-3-10-17(15)18-12-5-4-11-16(18)14-8-6-9-14/h4-5,11-12,14-15,17H,1-3,6-10,13,19H2. The third kappa shape index (κ3) is 2.72. The normalized spacial score (nSPS) is 28.7. The molecule has 2 unspecified atom stereocenters. The van der Waals surface area contributed by atoms with Crippen molar-refractivity contribution >= 4 is 0 Å². The van der Waals surface area contributed by atoms with Gasteiger partial charge in [0.25, 0.3) is 0 Å². The molecule has 1 aromatic rings. The van der Waals surface area contributed by atoms with E-state index in [0.717, 1.165) is 18.4 Å². The van der Waals surface area contributed by atoms with Gasteiger partial charge in [0, 0.05) is 0 Å². The SMILES string of the molecule is NCC1CCCCCC1c1ccccc1C1CCC1. The topological polar surface area (TPSA) is 26.0 Å². The lowest BCUT2D eigenvalue weighted by atomic mass is 9.73. The first-order chi connectivity index (χ1) is 9.40. The molecule has 0 radical (unpaired) electrons. The highest BCUT2D eigenvalue weighted by Gasteiger charge is 2.29. The monoisotopic (exact) mass is 257 g/mol. The summed E-state index contributed by atoms with van der Waals surface area (Å²) in [5.41, 5.74) is 9.37. The minimum atomic E-state index is 0.712. The highest BCUT2D eigenvalue weighted by atomic mass is 14.6. The predicted octanol–water partition coefficient (Wildman–Crippen LogP) is 4.58. The average molecular weight is 257 g/mol. The van der Waals surface area contributed by atoms with Crippen molar-refractivity contribution in [3.05, 3.63) is 35.4 Å². The van der Waals surface area contributed by atoms with Crippen LogP contribution in [0.2, 0.25) is 0 Å². The van der Waals surface area contributed by atoms with Crippen LogP contribution in [0, 0.1) is 5.92 Å². The second-order valence-electron chi connectivity index (χ2n) is 6.50. The fourth-order valence-electron chi connectivity index (χ4n) is 4.02. The van der Waals surface area contributed by atoms with E-state index in [9.17, 15) is 0 Å². The molecule has 2 aliphatic carbocycles. The summed E-state index contributed by atoms with van der Waals surface area (Å²) in [6, 6.07) is 9.24. The Labute approximate surface area is 117 Å². The van der Waals surface area contributed by atoms with Crippen LogP contribution in [0.15, 0.2) is 24.3 Å². The Morgan fingerprint density at radius 3 is 2.26 bits per heavy atom. The van der Waals surface area contributed by atoms with Gasteiger partial charge in [-0.2, -0.15) is 0 Å². The summed E-state index contributed by atoms with van der Waals surface area (Å²) in [5.74, 6) is 2.28. The van der Waals surface area contributed by atoms with Crippen LogP contribution < -0.4 is 5.73 Å². The fraction of sp³-hybridized carbons (Fsp3) is 0.667. The first-order valence-corrected chi connectivity index (χ1v) is 8.19. The third-order valence-electron chi connectivity index (χ3n) is 5.40. The quantitative estimate of drug-likeness (QED) is 0.788. The molecular formula is C18H27N. The maximum atomic E-state index is 6.07. The molecule has 0 aromatic heterocycles. The lowest BCUT2D eigenvalue weighted by molar-refractivity contribution is 0.385. The first kappa shape index (κ1) is 13.2. The van der Waals surface area contributed by atoms with Gasteiger partial charge in [-0.15, -0.1) is 0 Å². The Morgan fingerprint density at radius 1 is 0.842 bits per heavy atom. The molecule has 0 amide bonds. The zero-order valence-electron chi connectivity index (χ0n) is 12.0. The molecule has 19 heavy (non-hydrogen) atoms. The van der Waals surface area contributed by atoms with Gasteiger partial charge >= 0.3 is 0 Å². The van der Waals surface area contributed by atoms with Crippen LogP contribution in [-0.4, -0.2) is 6.54 Å². The maximum absolute atomic E-state index is 6.07. The van der Waals surface area contributed by atoms with Crippen LogP contribution >= 0.6 is 0 Å². The summed E-state index contributed by atoms with van der Waals surface area (Å²) in [5, 5.41) is 0. The van der Waals surface area contributed by atoms with E-state index >= 15 is 0 Å². The van der Waals surface area contributed by atoms with Crippen molar-refractivity contribution in [1.82, 2.24) is 0 Å². The molecule has 0 aliphatic heterocycles. The zero-order chi connectivity index (χ0) is 13.1. The molecule has 0 spiro atoms. The van der Waals surface area contributed by atoms with Crippen LogP contribution in [0.5, 0.6) is 0 Å². The van der Waals surface area contributed by atoms with Crippen LogP contribution in [0.1, 0.15) is 74.3 Å². The van der Waals surface area contributed by atoms with E-state index < -0.39 is 0 Å². The predicted molar refractivity (Wildman–Crippen MR) is 81.4 cm³/mol. The van der Waals surface area contributed by atoms with Crippen LogP contribution in [-0.2, 0) is 0 Å². The highest BCUT2D eigenvalue weighted by molar-refractivity contribution is 5.35. The summed E-state index contributed by atoms with van der Waals surface area (Å²) in [6.07, 6.45) is 11.1. The second-order valence-corrected chi connectivity index (χ2v) is 6.50. The number of rotatable bonds is 3. The number of hydrogen-bond acceptors (Lipinski definition) is 1. The van der Waals surface area contributed by atoms with Crippen LogP contribution in [0.4, 0.5) is 0 Å². The highest BCUT2D eigenvalue weighted by Crippen LogP contribution is 2.44. The lowest BCUT2D eigenvalue weighted by Gasteiger charge is -2.32. The van der Waals surface area contributed by atoms with E-state index in [1.165, 1.54) is 51.4 Å². The number of nitrogens with two attached hydrogens (primary N) is 1. The van der Waals surface area contributed by atoms with Gasteiger partial charge in [0.05, 0.1) is 0 Å². The van der Waals surface area contributed by atoms with E-state index in [1.54, 1.807) is 11.1 Å². The molecular weight excluding hydrogens is 230 g/mol. The van der Waals surface area contributed by atoms with Gasteiger partial charge in [-0.05, 0) is 61.1 Å². The first-order valence-electron chi connectivity index (χ1n) is 8.19. The molecule has 2 aliphatic rings. The molecule has 1 nitrogen and oxygen atoms in total. The van der Waals surface area contributed by atoms with E-state index in [4.69, 9.17) is 5.73 Å². The molecule has 2 fully saturated rings. The molecule has 1 aromatic carbocycles. The Morgan fingerprint density at radius 2 is 1.58 bits per heavy atom. The molecule has 0 bridgehead atoms. The number of hydrogen-bond donors (Lipinski definition) is 1. The molecule has 1 heteroatoms. The third-order valence-corrected chi connectivity index (χ3v) is 5.40. The summed E-state index contributed by atoms with van der Waals surface area (Å²) in [7, 11) is 0. The van der Waals surface area contributed by atoms with E-state index in [2.05, 4.69) is 24.3 Å². The van der Waals surface area contributed by atoms with Crippen molar-refractivity contribution in [2.24, 2.45) is 11.7 Å². The molecule has 2 N–H and O–H groups in total. The van der Waals surface area contributed by atoms with Crippen molar-refractivity contribution in [1.29, 1.82) is 0 Å². The van der Waals surface area contributed by atoms with Gasteiger partial charge in [0.2, 0.25) is 0 Å². The van der Waals surface area contributed by atoms with Crippen molar-refractivity contribution in [2.75, 3.05) is 6.54 Å². The molecule has 2 atom stereocenters. The molecule has 0 saturated heterocycles. The minimum absolute atomic E-state index is 0.712. The van der Waals surface area contributed by atoms with E-state index in [1.807, 2.05) is 0 Å². The smallest absolute Gasteiger partial charge is 0.00430 e. The van der Waals surface area contributed by atoms with Crippen molar-refractivity contribution in [3.8, 4) is 0 Å². The maximum Gasteiger partial charge on any atom is -0.00430 e. The second kappa shape index (κ2) is 6.09. The van der Waals surface area contributed by atoms with Crippen LogP contribution in [0.25, 0.3) is 0 Å². The van der Waals surface area contributed by atoms with Gasteiger partial charge in [0.1, 0.15) is 0 Å². The van der Waals surface area contributed by atoms with Gasteiger partial charge in [-0.3, -0.25) is 0 Å². The Bertz CT molecular complexity index is 408. The van der Waals surface area contributed by atoms with Crippen molar-refractivity contribution in [3.63, 3.8) is 0 Å². The van der Waals surface area contributed by atoms with Crippen LogP contribution in [0.3, 0.4) is 0 Å². The Hall–Kier alpha value is -0.820. The van der Waals surface area contributed by atoms with Crippen molar-refractivity contribution in [2.45, 2.75) is 63.2 Å². The average Bonchev–Trinajstić information content (AvgIpc) is 2.62. The summed E-state index contributed by atoms with van der Waals surface area (Å²) >= 11 is 0. The van der Waals surface area contributed by atoms with E-state index in [-0.39, 0.29) is 0 Å². The van der Waals surface area contributed by atoms with Gasteiger partial charge in [0.15, 0.2) is 0 Å². The fourth-order valence-corrected chi connectivity index (χ4v) is 4.02. The summed E-state index contributed by atoms with van der Waals surface area (Å²) in [6.45, 7) is 0.865. The molecule has 0 heterocycles. The number of benzene rings is 1. The lowest BCUT2D eigenvalue weighted by Crippen LogP contribution is -2.23. The van der Waals surface area contributed by atoms with Gasteiger partial charge in [-0.1, -0.05) is 49.9 Å². The molecule has 104 valence electrons. The van der Waals surface area contributed by atoms with E-state index in [0.29, 0.717) is 5.92 Å². The minimum Gasteiger partial charge on any atom is -0.330 e. The summed E-state index contributed by atoms with van der Waals surface area (Å²) in [4.78, 5) is 0. The Kier molecular flexibility index (Phi) is 4.22. The zero-order valence-corrected chi connectivity index (χ0v) is 12.0. The van der Waals surface area contributed by atoms with Crippen molar-refractivity contribution < 1.29 is 0 Å². The van der Waals surface area contributed by atoms with Gasteiger partial charge < -0.3 is 5.73 Å². The Balaban J connectivity index is 1.90. The van der Waals surface area contributed by atoms with Gasteiger partial charge in [-0.25, -0.2) is 0 Å².